The highest BCUT2D eigenvalue weighted by atomic mass is 35.5. The van der Waals surface area contributed by atoms with Crippen molar-refractivity contribution in [3.05, 3.63) is 47.6 Å². The Labute approximate surface area is 108 Å². The van der Waals surface area contributed by atoms with Crippen molar-refractivity contribution >= 4 is 28.6 Å². The Morgan fingerprint density at radius 2 is 1.67 bits per heavy atom. The summed E-state index contributed by atoms with van der Waals surface area (Å²) in [6.45, 7) is 0. The predicted molar refractivity (Wildman–Crippen MR) is 72.2 cm³/mol. The van der Waals surface area contributed by atoms with Crippen molar-refractivity contribution in [2.24, 2.45) is 0 Å². The van der Waals surface area contributed by atoms with Crippen LogP contribution in [0.3, 0.4) is 0 Å². The van der Waals surface area contributed by atoms with Crippen LogP contribution >= 0.6 is 11.6 Å². The van der Waals surface area contributed by atoms with Gasteiger partial charge in [-0.2, -0.15) is 0 Å². The minimum Gasteiger partial charge on any atom is -0.368 e. The maximum Gasteiger partial charge on any atom is 0.221 e. The Hall–Kier alpha value is -2.20. The van der Waals surface area contributed by atoms with E-state index in [0.717, 1.165) is 5.56 Å². The molecule has 0 amide bonds. The van der Waals surface area contributed by atoms with Gasteiger partial charge in [-0.15, -0.1) is 0 Å². The normalized spacial score (nSPS) is 10.7. The van der Waals surface area contributed by atoms with Gasteiger partial charge in [-0.1, -0.05) is 41.9 Å². The lowest BCUT2D eigenvalue weighted by atomic mass is 10.1. The smallest absolute Gasteiger partial charge is 0.221 e. The Morgan fingerprint density at radius 3 is 2.44 bits per heavy atom. The molecule has 0 atom stereocenters. The first-order chi connectivity index (χ1) is 8.74. The summed E-state index contributed by atoms with van der Waals surface area (Å²) in [5.41, 5.74) is 8.69. The van der Waals surface area contributed by atoms with E-state index < -0.39 is 0 Å². The molecule has 0 aliphatic rings. The molecule has 3 rings (SSSR count). The molecular weight excluding hydrogens is 248 g/mol. The molecule has 88 valence electrons. The van der Waals surface area contributed by atoms with Crippen molar-refractivity contribution in [2.45, 2.75) is 0 Å². The van der Waals surface area contributed by atoms with Gasteiger partial charge in [-0.25, -0.2) is 15.0 Å². The fourth-order valence-electron chi connectivity index (χ4n) is 1.81. The van der Waals surface area contributed by atoms with E-state index in [1.165, 1.54) is 0 Å². The molecule has 0 fully saturated rings. The number of hydrogen-bond donors (Lipinski definition) is 1. The summed E-state index contributed by atoms with van der Waals surface area (Å²) in [6.07, 6.45) is 0. The number of benzene rings is 1. The summed E-state index contributed by atoms with van der Waals surface area (Å²) in [4.78, 5) is 12.7. The average Bonchev–Trinajstić information content (AvgIpc) is 2.39. The summed E-state index contributed by atoms with van der Waals surface area (Å²) in [5.74, 6) is 0.227. The molecule has 18 heavy (non-hydrogen) atoms. The van der Waals surface area contributed by atoms with Crippen molar-refractivity contribution in [1.82, 2.24) is 15.0 Å². The van der Waals surface area contributed by atoms with E-state index in [1.54, 1.807) is 12.1 Å². The summed E-state index contributed by atoms with van der Waals surface area (Å²) in [7, 11) is 0. The Bertz CT molecular complexity index is 713. The second-order valence-electron chi connectivity index (χ2n) is 3.80. The molecule has 0 spiro atoms. The third-order valence-electron chi connectivity index (χ3n) is 2.57. The zero-order chi connectivity index (χ0) is 12.5. The molecule has 0 unspecified atom stereocenters. The lowest BCUT2D eigenvalue weighted by Gasteiger charge is -2.06. The highest BCUT2D eigenvalue weighted by molar-refractivity contribution is 6.29. The summed E-state index contributed by atoms with van der Waals surface area (Å²) >= 11 is 5.92. The Kier molecular flexibility index (Phi) is 2.57. The molecule has 0 aliphatic heterocycles. The SMILES string of the molecule is Nc1nc(-c2ccccc2)c2nc(Cl)ccc2n1. The van der Waals surface area contributed by atoms with Crippen LogP contribution in [0.4, 0.5) is 5.95 Å². The standard InChI is InChI=1S/C13H9ClN4/c14-10-7-6-9-12(17-10)11(18-13(15)16-9)8-4-2-1-3-5-8/h1-7H,(H2,15,16,18). The number of halogens is 1. The van der Waals surface area contributed by atoms with Crippen molar-refractivity contribution in [3.63, 3.8) is 0 Å². The molecule has 5 heteroatoms. The second kappa shape index (κ2) is 4.23. The molecule has 2 aromatic heterocycles. The van der Waals surface area contributed by atoms with E-state index >= 15 is 0 Å². The van der Waals surface area contributed by atoms with E-state index in [-0.39, 0.29) is 5.95 Å². The molecule has 0 saturated carbocycles. The van der Waals surface area contributed by atoms with Gasteiger partial charge < -0.3 is 5.73 Å². The van der Waals surface area contributed by atoms with Crippen LogP contribution in [0, 0.1) is 0 Å². The number of pyridine rings is 1. The van der Waals surface area contributed by atoms with Crippen LogP contribution in [0.1, 0.15) is 0 Å². The maximum atomic E-state index is 5.92. The summed E-state index contributed by atoms with van der Waals surface area (Å²) in [5, 5.41) is 0.410. The number of nitrogen functional groups attached to an aromatic ring is 1. The van der Waals surface area contributed by atoms with E-state index in [9.17, 15) is 0 Å². The molecule has 4 nitrogen and oxygen atoms in total. The monoisotopic (exact) mass is 256 g/mol. The van der Waals surface area contributed by atoms with E-state index in [2.05, 4.69) is 15.0 Å². The van der Waals surface area contributed by atoms with Gasteiger partial charge in [0.1, 0.15) is 16.4 Å². The fourth-order valence-corrected chi connectivity index (χ4v) is 1.95. The van der Waals surface area contributed by atoms with Crippen molar-refractivity contribution in [2.75, 3.05) is 5.73 Å². The first-order valence-electron chi connectivity index (χ1n) is 5.39. The zero-order valence-corrected chi connectivity index (χ0v) is 10.1. The Morgan fingerprint density at radius 1 is 0.889 bits per heavy atom. The lowest BCUT2D eigenvalue weighted by molar-refractivity contribution is 1.21. The van der Waals surface area contributed by atoms with Gasteiger partial charge in [-0.05, 0) is 12.1 Å². The number of nitrogens with zero attached hydrogens (tertiary/aromatic N) is 3. The minimum atomic E-state index is 0.227. The molecule has 0 saturated heterocycles. The van der Waals surface area contributed by atoms with Gasteiger partial charge in [0.05, 0.1) is 5.52 Å². The van der Waals surface area contributed by atoms with Gasteiger partial charge in [0.25, 0.3) is 0 Å². The number of rotatable bonds is 1. The molecule has 0 radical (unpaired) electrons. The van der Waals surface area contributed by atoms with Gasteiger partial charge in [0.2, 0.25) is 5.95 Å². The first kappa shape index (κ1) is 10.9. The van der Waals surface area contributed by atoms with E-state index in [4.69, 9.17) is 17.3 Å². The van der Waals surface area contributed by atoms with E-state index in [0.29, 0.717) is 21.9 Å². The van der Waals surface area contributed by atoms with Crippen LogP contribution < -0.4 is 5.73 Å². The van der Waals surface area contributed by atoms with Crippen molar-refractivity contribution in [3.8, 4) is 11.3 Å². The van der Waals surface area contributed by atoms with Crippen LogP contribution in [0.2, 0.25) is 5.15 Å². The fraction of sp³-hybridized carbons (Fsp3) is 0. The quantitative estimate of drug-likeness (QED) is 0.680. The third-order valence-corrected chi connectivity index (χ3v) is 2.78. The van der Waals surface area contributed by atoms with Crippen LogP contribution in [-0.4, -0.2) is 15.0 Å². The molecule has 1 aromatic carbocycles. The molecule has 2 N–H and O–H groups in total. The van der Waals surface area contributed by atoms with Crippen molar-refractivity contribution < 1.29 is 0 Å². The summed E-state index contributed by atoms with van der Waals surface area (Å²) < 4.78 is 0. The highest BCUT2D eigenvalue weighted by Gasteiger charge is 2.10. The largest absolute Gasteiger partial charge is 0.368 e. The number of nitrogens with two attached hydrogens (primary N) is 1. The van der Waals surface area contributed by atoms with Crippen LogP contribution in [-0.2, 0) is 0 Å². The predicted octanol–water partition coefficient (Wildman–Crippen LogP) is 2.93. The topological polar surface area (TPSA) is 64.7 Å². The second-order valence-corrected chi connectivity index (χ2v) is 4.19. The molecular formula is C13H9ClN4. The van der Waals surface area contributed by atoms with Crippen molar-refractivity contribution in [1.29, 1.82) is 0 Å². The number of fused-ring (bicyclic) bond motifs is 1. The molecule has 3 aromatic rings. The molecule has 2 heterocycles. The number of aromatic nitrogens is 3. The maximum absolute atomic E-state index is 5.92. The lowest BCUT2D eigenvalue weighted by Crippen LogP contribution is -1.99. The Balaban J connectivity index is 2.37. The van der Waals surface area contributed by atoms with Crippen LogP contribution in [0.15, 0.2) is 42.5 Å². The molecule has 0 bridgehead atoms. The van der Waals surface area contributed by atoms with Crippen LogP contribution in [0.5, 0.6) is 0 Å². The molecule has 0 aliphatic carbocycles. The number of hydrogen-bond acceptors (Lipinski definition) is 4. The third kappa shape index (κ3) is 1.87. The first-order valence-corrected chi connectivity index (χ1v) is 5.77. The van der Waals surface area contributed by atoms with Gasteiger partial charge in [0.15, 0.2) is 0 Å². The van der Waals surface area contributed by atoms with Gasteiger partial charge >= 0.3 is 0 Å². The average molecular weight is 257 g/mol. The minimum absolute atomic E-state index is 0.227. The summed E-state index contributed by atoms with van der Waals surface area (Å²) in [6, 6.07) is 13.2. The van der Waals surface area contributed by atoms with Crippen LogP contribution in [0.25, 0.3) is 22.3 Å². The van der Waals surface area contributed by atoms with Gasteiger partial charge in [-0.3, -0.25) is 0 Å². The zero-order valence-electron chi connectivity index (χ0n) is 9.34. The number of anilines is 1. The highest BCUT2D eigenvalue weighted by Crippen LogP contribution is 2.26. The van der Waals surface area contributed by atoms with E-state index in [1.807, 2.05) is 30.3 Å². The van der Waals surface area contributed by atoms with Gasteiger partial charge in [0, 0.05) is 5.56 Å².